The summed E-state index contributed by atoms with van der Waals surface area (Å²) in [6.45, 7) is 0. The monoisotopic (exact) mass is 275 g/mol. The molecule has 1 heterocycles. The van der Waals surface area contributed by atoms with Gasteiger partial charge in [-0.3, -0.25) is 4.79 Å². The number of aromatic nitrogens is 3. The van der Waals surface area contributed by atoms with Crippen molar-refractivity contribution in [2.75, 3.05) is 0 Å². The van der Waals surface area contributed by atoms with E-state index in [4.69, 9.17) is 0 Å². The van der Waals surface area contributed by atoms with Gasteiger partial charge in [0, 0.05) is 0 Å². The number of rotatable bonds is 4. The molecule has 20 heavy (non-hydrogen) atoms. The summed E-state index contributed by atoms with van der Waals surface area (Å²) in [6.07, 6.45) is 11.1. The summed E-state index contributed by atoms with van der Waals surface area (Å²) in [6, 6.07) is -0.0177. The van der Waals surface area contributed by atoms with Gasteiger partial charge >= 0.3 is 5.97 Å². The lowest BCUT2D eigenvalue weighted by molar-refractivity contribution is -0.143. The molecule has 0 aliphatic heterocycles. The molecule has 1 aromatic rings. The molecule has 1 N–H and O–H groups in total. The topological polar surface area (TPSA) is 68.0 Å². The van der Waals surface area contributed by atoms with E-state index < -0.39 is 5.97 Å². The first-order valence-corrected chi connectivity index (χ1v) is 7.70. The highest BCUT2D eigenvalue weighted by atomic mass is 16.4. The molecule has 1 unspecified atom stereocenters. The van der Waals surface area contributed by atoms with Gasteiger partial charge in [-0.05, 0) is 61.7 Å². The molecule has 0 aromatic carbocycles. The Bertz CT molecular complexity index is 476. The maximum Gasteiger partial charge on any atom is 0.305 e. The van der Waals surface area contributed by atoms with Gasteiger partial charge in [0.05, 0.1) is 12.5 Å². The Morgan fingerprint density at radius 1 is 1.25 bits per heavy atom. The molecule has 4 bridgehead atoms. The SMILES string of the molecule is O=C(O)CC(n1cncn1)C12CC3CC(CC(C3)C1)C2. The third-order valence-corrected chi connectivity index (χ3v) is 5.92. The number of nitrogens with zero attached hydrogens (tertiary/aromatic N) is 3. The van der Waals surface area contributed by atoms with Gasteiger partial charge < -0.3 is 5.11 Å². The second-order valence-corrected chi connectivity index (χ2v) is 7.27. The molecule has 5 heteroatoms. The Balaban J connectivity index is 1.70. The van der Waals surface area contributed by atoms with Crippen molar-refractivity contribution in [3.05, 3.63) is 12.7 Å². The highest BCUT2D eigenvalue weighted by molar-refractivity contribution is 5.67. The normalized spacial score (nSPS) is 39.9. The number of hydrogen-bond donors (Lipinski definition) is 1. The van der Waals surface area contributed by atoms with Crippen molar-refractivity contribution in [2.45, 2.75) is 51.0 Å². The summed E-state index contributed by atoms with van der Waals surface area (Å²) in [7, 11) is 0. The van der Waals surface area contributed by atoms with Gasteiger partial charge in [0.2, 0.25) is 0 Å². The van der Waals surface area contributed by atoms with Gasteiger partial charge in [-0.1, -0.05) is 0 Å². The van der Waals surface area contributed by atoms with Crippen molar-refractivity contribution in [1.82, 2.24) is 14.8 Å². The van der Waals surface area contributed by atoms with Crippen LogP contribution in [0.15, 0.2) is 12.7 Å². The maximum absolute atomic E-state index is 11.3. The lowest BCUT2D eigenvalue weighted by Crippen LogP contribution is -2.50. The van der Waals surface area contributed by atoms with Gasteiger partial charge in [-0.25, -0.2) is 9.67 Å². The van der Waals surface area contributed by atoms with E-state index in [0.717, 1.165) is 17.8 Å². The third kappa shape index (κ3) is 1.86. The van der Waals surface area contributed by atoms with Gasteiger partial charge in [0.15, 0.2) is 0 Å². The van der Waals surface area contributed by atoms with Gasteiger partial charge in [-0.15, -0.1) is 0 Å². The Kier molecular flexibility index (Phi) is 2.66. The van der Waals surface area contributed by atoms with E-state index in [0.29, 0.717) is 0 Å². The molecule has 108 valence electrons. The Morgan fingerprint density at radius 2 is 1.85 bits per heavy atom. The molecule has 1 aromatic heterocycles. The summed E-state index contributed by atoms with van der Waals surface area (Å²) in [4.78, 5) is 15.4. The molecule has 0 saturated heterocycles. The first-order valence-electron chi connectivity index (χ1n) is 7.70. The Hall–Kier alpha value is -1.39. The smallest absolute Gasteiger partial charge is 0.305 e. The van der Waals surface area contributed by atoms with Crippen LogP contribution < -0.4 is 0 Å². The molecule has 0 radical (unpaired) electrons. The van der Waals surface area contributed by atoms with Crippen LogP contribution in [0.1, 0.15) is 51.0 Å². The van der Waals surface area contributed by atoms with E-state index >= 15 is 0 Å². The van der Waals surface area contributed by atoms with E-state index in [1.54, 1.807) is 6.33 Å². The average Bonchev–Trinajstić information content (AvgIpc) is 2.87. The van der Waals surface area contributed by atoms with E-state index in [2.05, 4.69) is 10.1 Å². The molecular weight excluding hydrogens is 254 g/mol. The van der Waals surface area contributed by atoms with Crippen LogP contribution in [0.3, 0.4) is 0 Å². The lowest BCUT2D eigenvalue weighted by atomic mass is 9.47. The highest BCUT2D eigenvalue weighted by Crippen LogP contribution is 2.64. The van der Waals surface area contributed by atoms with Crippen molar-refractivity contribution in [3.8, 4) is 0 Å². The highest BCUT2D eigenvalue weighted by Gasteiger charge is 2.55. The van der Waals surface area contributed by atoms with Gasteiger partial charge in [0.25, 0.3) is 0 Å². The van der Waals surface area contributed by atoms with Crippen LogP contribution in [0, 0.1) is 23.2 Å². The number of hydrogen-bond acceptors (Lipinski definition) is 3. The van der Waals surface area contributed by atoms with Crippen molar-refractivity contribution >= 4 is 5.97 Å². The zero-order valence-corrected chi connectivity index (χ0v) is 11.6. The van der Waals surface area contributed by atoms with Crippen LogP contribution >= 0.6 is 0 Å². The Morgan fingerprint density at radius 3 is 2.30 bits per heavy atom. The fourth-order valence-corrected chi connectivity index (χ4v) is 5.72. The summed E-state index contributed by atoms with van der Waals surface area (Å²) in [5.41, 5.74) is 0.154. The van der Waals surface area contributed by atoms with E-state index in [1.165, 1.54) is 44.9 Å². The van der Waals surface area contributed by atoms with Crippen LogP contribution in [0.4, 0.5) is 0 Å². The number of aliphatic carboxylic acids is 1. The minimum Gasteiger partial charge on any atom is -0.481 e. The van der Waals surface area contributed by atoms with Crippen molar-refractivity contribution in [1.29, 1.82) is 0 Å². The van der Waals surface area contributed by atoms with E-state index in [1.807, 2.05) is 4.68 Å². The Labute approximate surface area is 118 Å². The largest absolute Gasteiger partial charge is 0.481 e. The molecule has 4 aliphatic rings. The summed E-state index contributed by atoms with van der Waals surface area (Å²) in [5, 5.41) is 13.6. The summed E-state index contributed by atoms with van der Waals surface area (Å²) < 4.78 is 1.82. The van der Waals surface area contributed by atoms with Crippen LogP contribution in [0.2, 0.25) is 0 Å². The fourth-order valence-electron chi connectivity index (χ4n) is 5.72. The predicted molar refractivity (Wildman–Crippen MR) is 71.9 cm³/mol. The first kappa shape index (κ1) is 12.4. The molecule has 4 saturated carbocycles. The molecule has 0 spiro atoms. The molecule has 4 aliphatic carbocycles. The minimum absolute atomic E-state index is 0.0177. The zero-order chi connectivity index (χ0) is 13.7. The quantitative estimate of drug-likeness (QED) is 0.916. The molecule has 5 rings (SSSR count). The number of carbonyl (C=O) groups is 1. The van der Waals surface area contributed by atoms with Gasteiger partial charge in [-0.2, -0.15) is 5.10 Å². The molecular formula is C15H21N3O2. The summed E-state index contributed by atoms with van der Waals surface area (Å²) >= 11 is 0. The average molecular weight is 275 g/mol. The van der Waals surface area contributed by atoms with Crippen LogP contribution in [-0.4, -0.2) is 25.8 Å². The van der Waals surface area contributed by atoms with E-state index in [-0.39, 0.29) is 17.9 Å². The number of carboxylic acids is 1. The molecule has 1 atom stereocenters. The van der Waals surface area contributed by atoms with Crippen molar-refractivity contribution in [3.63, 3.8) is 0 Å². The maximum atomic E-state index is 11.3. The van der Waals surface area contributed by atoms with E-state index in [9.17, 15) is 9.90 Å². The van der Waals surface area contributed by atoms with Crippen LogP contribution in [0.25, 0.3) is 0 Å². The second-order valence-electron chi connectivity index (χ2n) is 7.27. The fraction of sp³-hybridized carbons (Fsp3) is 0.800. The standard InChI is InChI=1S/C15H21N3O2/c19-14(20)4-13(18-9-16-8-17-18)15-5-10-1-11(6-15)3-12(2-10)7-15/h8-13H,1-7H2,(H,19,20). The minimum atomic E-state index is -0.721. The first-order chi connectivity index (χ1) is 9.64. The second kappa shape index (κ2) is 4.30. The lowest BCUT2D eigenvalue weighted by Gasteiger charge is -2.59. The molecule has 0 amide bonds. The third-order valence-electron chi connectivity index (χ3n) is 5.92. The summed E-state index contributed by atoms with van der Waals surface area (Å²) in [5.74, 6) is 1.74. The van der Waals surface area contributed by atoms with Crippen molar-refractivity contribution in [2.24, 2.45) is 23.2 Å². The van der Waals surface area contributed by atoms with Crippen LogP contribution in [-0.2, 0) is 4.79 Å². The van der Waals surface area contributed by atoms with Crippen LogP contribution in [0.5, 0.6) is 0 Å². The van der Waals surface area contributed by atoms with Crippen molar-refractivity contribution < 1.29 is 9.90 Å². The zero-order valence-electron chi connectivity index (χ0n) is 11.6. The molecule has 4 fully saturated rings. The number of carboxylic acid groups (broad SMARTS) is 1. The van der Waals surface area contributed by atoms with Gasteiger partial charge in [0.1, 0.15) is 12.7 Å². The molecule has 5 nitrogen and oxygen atoms in total. The predicted octanol–water partition coefficient (Wildman–Crippen LogP) is 2.51.